The van der Waals surface area contributed by atoms with Gasteiger partial charge in [-0.3, -0.25) is 38.4 Å². The third kappa shape index (κ3) is 17.6. The first-order valence-electron chi connectivity index (χ1n) is 21.9. The second kappa shape index (κ2) is 27.1. The minimum absolute atomic E-state index is 0.0172. The largest absolute Gasteiger partial charge is 0.458 e. The van der Waals surface area contributed by atoms with Gasteiger partial charge in [-0.15, -0.1) is 0 Å². The second-order valence-corrected chi connectivity index (χ2v) is 16.5. The van der Waals surface area contributed by atoms with Crippen LogP contribution in [0.15, 0.2) is 30.3 Å². The lowest BCUT2D eigenvalue weighted by Gasteiger charge is -2.34. The van der Waals surface area contributed by atoms with Gasteiger partial charge in [0.25, 0.3) is 0 Å². The van der Waals surface area contributed by atoms with Crippen molar-refractivity contribution in [2.24, 2.45) is 23.3 Å². The van der Waals surface area contributed by atoms with E-state index in [2.05, 4.69) is 37.2 Å². The van der Waals surface area contributed by atoms with Crippen LogP contribution in [0.3, 0.4) is 0 Å². The molecular weight excluding hydrogens is 849 g/mol. The maximum atomic E-state index is 14.4. The first-order valence-corrected chi connectivity index (χ1v) is 21.9. The average molecular weight is 917 g/mol. The van der Waals surface area contributed by atoms with Crippen molar-refractivity contribution in [2.75, 3.05) is 20.2 Å². The third-order valence-electron chi connectivity index (χ3n) is 11.0. The van der Waals surface area contributed by atoms with E-state index in [1.165, 1.54) is 14.0 Å². The van der Waals surface area contributed by atoms with Crippen LogP contribution in [-0.2, 0) is 54.3 Å². The Morgan fingerprint density at radius 2 is 1.46 bits per heavy atom. The van der Waals surface area contributed by atoms with Gasteiger partial charge in [-0.2, -0.15) is 0 Å². The lowest BCUT2D eigenvalue weighted by Crippen LogP contribution is -2.62. The highest BCUT2D eigenvalue weighted by Crippen LogP contribution is 2.18. The Labute approximate surface area is 379 Å². The number of nitrogens with zero attached hydrogens (tertiary/aromatic N) is 1. The highest BCUT2D eigenvalue weighted by Gasteiger charge is 2.41. The number of hydrogen-bond acceptors (Lipinski definition) is 12. The van der Waals surface area contributed by atoms with Gasteiger partial charge in [0.05, 0.1) is 6.61 Å². The van der Waals surface area contributed by atoms with E-state index in [-0.39, 0.29) is 45.1 Å². The number of cyclic esters (lactones) is 1. The number of esters is 1. The van der Waals surface area contributed by atoms with Crippen LogP contribution in [0.25, 0.3) is 0 Å². The van der Waals surface area contributed by atoms with Gasteiger partial charge in [0, 0.05) is 32.9 Å². The van der Waals surface area contributed by atoms with Gasteiger partial charge in [-0.1, -0.05) is 71.4 Å². The lowest BCUT2D eigenvalue weighted by atomic mass is 9.95. The third-order valence-corrected chi connectivity index (χ3v) is 11.0. The standard InChI is InChI=1S/C43H68N10O12/c1-8-14-32(56)47-28(18-19-31(44)55)37(58)52-35-25(6)65-42(63)33(23(3)4)50-39(60)30(21-26-15-11-10-12-16-26)53(7)41(62)34(24(5)9-2)51-38(59)29(22-54)49-36(57)27(48-40(35)61)17-13-20-46-43(45)64/h10-12,15-16,23-25,27-30,33-35,54H,8-9,13-14,17-22H2,1-7H3,(H2,44,55)(H,47,56)(H,48,61)(H,49,57)(H,50,60)(H,51,59)(H,52,58)(H3,45,46,64)/t24-,25+,27-,28-,29-,30-,33-,34-,35-/m0/s1. The van der Waals surface area contributed by atoms with Crippen LogP contribution in [0.5, 0.6) is 0 Å². The molecule has 1 heterocycles. The maximum absolute atomic E-state index is 14.4. The molecule has 0 saturated carbocycles. The molecular formula is C43H68N10O12. The summed E-state index contributed by atoms with van der Waals surface area (Å²) in [7, 11) is 1.37. The number of carbonyl (C=O) groups is 10. The highest BCUT2D eigenvalue weighted by atomic mass is 16.5. The Balaban J connectivity index is 2.81. The molecule has 22 nitrogen and oxygen atoms in total. The summed E-state index contributed by atoms with van der Waals surface area (Å²) < 4.78 is 5.80. The quantitative estimate of drug-likeness (QED) is 0.0572. The van der Waals surface area contributed by atoms with E-state index < -0.39 is 126 Å². The number of urea groups is 1. The number of ether oxygens (including phenoxy) is 1. The van der Waals surface area contributed by atoms with Gasteiger partial charge >= 0.3 is 12.0 Å². The Morgan fingerprint density at radius 3 is 2.03 bits per heavy atom. The summed E-state index contributed by atoms with van der Waals surface area (Å²) >= 11 is 0. The predicted octanol–water partition coefficient (Wildman–Crippen LogP) is -1.88. The zero-order chi connectivity index (χ0) is 49.0. The fourth-order valence-corrected chi connectivity index (χ4v) is 6.84. The van der Waals surface area contributed by atoms with Gasteiger partial charge in [-0.25, -0.2) is 9.59 Å². The summed E-state index contributed by atoms with van der Waals surface area (Å²) in [5.41, 5.74) is 11.2. The number of benzene rings is 1. The summed E-state index contributed by atoms with van der Waals surface area (Å²) in [5.74, 6) is -9.08. The molecule has 0 aliphatic carbocycles. The topological polar surface area (TPSA) is 340 Å². The highest BCUT2D eigenvalue weighted by molar-refractivity contribution is 5.98. The van der Waals surface area contributed by atoms with Crippen molar-refractivity contribution in [2.45, 2.75) is 141 Å². The molecule has 1 saturated heterocycles. The maximum Gasteiger partial charge on any atom is 0.329 e. The molecule has 10 amide bonds. The predicted molar refractivity (Wildman–Crippen MR) is 235 cm³/mol. The molecule has 0 radical (unpaired) electrons. The summed E-state index contributed by atoms with van der Waals surface area (Å²) in [4.78, 5) is 136. The van der Waals surface area contributed by atoms with E-state index in [0.29, 0.717) is 18.4 Å². The number of carbonyl (C=O) groups excluding carboxylic acids is 10. The molecule has 0 unspecified atom stereocenters. The Morgan fingerprint density at radius 1 is 0.846 bits per heavy atom. The number of aliphatic hydroxyl groups is 1. The van der Waals surface area contributed by atoms with Gasteiger partial charge in [0.15, 0.2) is 0 Å². The van der Waals surface area contributed by atoms with E-state index >= 15 is 0 Å². The Kier molecular flexibility index (Phi) is 22.9. The van der Waals surface area contributed by atoms with Gasteiger partial charge in [-0.05, 0) is 50.0 Å². The molecule has 1 aliphatic rings. The Hall–Kier alpha value is -6.32. The molecule has 0 spiro atoms. The number of aliphatic hydroxyl groups excluding tert-OH is 1. The van der Waals surface area contributed by atoms with Crippen LogP contribution >= 0.6 is 0 Å². The zero-order valence-electron chi connectivity index (χ0n) is 38.3. The SMILES string of the molecule is CCCC(=O)N[C@@H](CCC(N)=O)C(=O)N[C@@H]1C(=O)N[C@@H](CCCNC(N)=O)C(=O)N[C@@H](CO)C(=O)N[C@@H]([C@@H](C)CC)C(=O)N(C)[C@@H](Cc2ccccc2)C(=O)N[C@@H](C(C)C)C(=O)O[C@@H]1C. The van der Waals surface area contributed by atoms with Gasteiger partial charge < -0.3 is 63.4 Å². The van der Waals surface area contributed by atoms with Crippen LogP contribution in [-0.4, -0.2) is 138 Å². The smallest absolute Gasteiger partial charge is 0.329 e. The van der Waals surface area contributed by atoms with Crippen molar-refractivity contribution >= 4 is 59.3 Å². The number of nitrogens with one attached hydrogen (secondary N) is 7. The summed E-state index contributed by atoms with van der Waals surface area (Å²) in [6.45, 7) is 8.66. The van der Waals surface area contributed by atoms with E-state index in [4.69, 9.17) is 16.2 Å². The van der Waals surface area contributed by atoms with Gasteiger partial charge in [0.1, 0.15) is 48.4 Å². The van der Waals surface area contributed by atoms with Crippen LogP contribution in [0.4, 0.5) is 4.79 Å². The first kappa shape index (κ1) is 54.8. The lowest BCUT2D eigenvalue weighted by molar-refractivity contribution is -0.157. The molecule has 65 heavy (non-hydrogen) atoms. The molecule has 0 aromatic heterocycles. The van der Waals surface area contributed by atoms with Crippen molar-refractivity contribution in [3.05, 3.63) is 35.9 Å². The van der Waals surface area contributed by atoms with Crippen molar-refractivity contribution in [3.63, 3.8) is 0 Å². The van der Waals surface area contributed by atoms with Crippen LogP contribution < -0.4 is 48.7 Å². The molecule has 12 N–H and O–H groups in total. The summed E-state index contributed by atoms with van der Waals surface area (Å²) in [5, 5.41) is 27.9. The van der Waals surface area contributed by atoms with Crippen molar-refractivity contribution in [1.82, 2.24) is 42.1 Å². The second-order valence-electron chi connectivity index (χ2n) is 16.5. The van der Waals surface area contributed by atoms with Crippen LogP contribution in [0.1, 0.15) is 92.1 Å². The molecule has 1 aromatic rings. The fourth-order valence-electron chi connectivity index (χ4n) is 6.84. The van der Waals surface area contributed by atoms with E-state index in [0.717, 1.165) is 4.90 Å². The van der Waals surface area contributed by atoms with Crippen molar-refractivity contribution in [3.8, 4) is 0 Å². The van der Waals surface area contributed by atoms with Gasteiger partial charge in [0.2, 0.25) is 47.3 Å². The number of nitrogens with two attached hydrogens (primary N) is 2. The van der Waals surface area contributed by atoms with E-state index in [1.807, 2.05) is 0 Å². The minimum atomic E-state index is -1.82. The minimum Gasteiger partial charge on any atom is -0.458 e. The molecule has 2 rings (SSSR count). The number of rotatable bonds is 18. The number of amides is 10. The van der Waals surface area contributed by atoms with Crippen molar-refractivity contribution < 1.29 is 57.8 Å². The molecule has 9 atom stereocenters. The summed E-state index contributed by atoms with van der Waals surface area (Å²) in [6.07, 6.45) is -1.60. The molecule has 0 bridgehead atoms. The fraction of sp³-hybridized carbons (Fsp3) is 0.628. The number of likely N-dealkylation sites (N-methyl/N-ethyl adjacent to an activating group) is 1. The first-order chi connectivity index (χ1) is 30.6. The number of primary amides is 2. The molecule has 22 heteroatoms. The van der Waals surface area contributed by atoms with Crippen LogP contribution in [0, 0.1) is 11.8 Å². The van der Waals surface area contributed by atoms with E-state index in [1.54, 1.807) is 65.0 Å². The Bertz CT molecular complexity index is 1830. The molecule has 1 fully saturated rings. The van der Waals surface area contributed by atoms with E-state index in [9.17, 15) is 53.1 Å². The number of hydrogen-bond donors (Lipinski definition) is 10. The molecule has 1 aromatic carbocycles. The normalized spacial score (nSPS) is 23.8. The summed E-state index contributed by atoms with van der Waals surface area (Å²) in [6, 6.07) is -2.51. The van der Waals surface area contributed by atoms with Crippen molar-refractivity contribution in [1.29, 1.82) is 0 Å². The zero-order valence-corrected chi connectivity index (χ0v) is 38.3. The average Bonchev–Trinajstić information content (AvgIpc) is 3.25. The monoisotopic (exact) mass is 917 g/mol. The molecule has 1 aliphatic heterocycles. The molecule has 362 valence electrons. The van der Waals surface area contributed by atoms with Crippen LogP contribution in [0.2, 0.25) is 0 Å².